The summed E-state index contributed by atoms with van der Waals surface area (Å²) in [5.74, 6) is -1.42. The van der Waals surface area contributed by atoms with Gasteiger partial charge in [0.15, 0.2) is 5.17 Å². The number of aromatic nitrogens is 2. The first kappa shape index (κ1) is 17.2. The number of thioether (sulfide) groups is 1. The van der Waals surface area contributed by atoms with Crippen LogP contribution in [-0.4, -0.2) is 43.2 Å². The first-order chi connectivity index (χ1) is 12.0. The van der Waals surface area contributed by atoms with Crippen molar-refractivity contribution in [2.75, 3.05) is 0 Å². The van der Waals surface area contributed by atoms with Gasteiger partial charge in [-0.25, -0.2) is 4.98 Å². The Hall–Kier alpha value is -2.65. The number of benzene rings is 1. The van der Waals surface area contributed by atoms with Crippen LogP contribution in [0.1, 0.15) is 12.0 Å². The van der Waals surface area contributed by atoms with Crippen molar-refractivity contribution in [1.29, 1.82) is 0 Å². The highest BCUT2D eigenvalue weighted by Gasteiger charge is 2.32. The predicted molar refractivity (Wildman–Crippen MR) is 95.4 cm³/mol. The summed E-state index contributed by atoms with van der Waals surface area (Å²) < 4.78 is 1.79. The van der Waals surface area contributed by atoms with Crippen LogP contribution in [0.25, 0.3) is 5.69 Å². The zero-order chi connectivity index (χ0) is 17.8. The summed E-state index contributed by atoms with van der Waals surface area (Å²) in [6.45, 7) is 0. The molecular weight excluding hydrogens is 366 g/mol. The highest BCUT2D eigenvalue weighted by Crippen LogP contribution is 2.23. The number of amidine groups is 1. The molecule has 8 nitrogen and oxygen atoms in total. The maximum atomic E-state index is 11.6. The summed E-state index contributed by atoms with van der Waals surface area (Å²) in [5, 5.41) is 19.2. The van der Waals surface area contributed by atoms with Crippen LogP contribution in [0.4, 0.5) is 0 Å². The molecule has 2 heterocycles. The summed E-state index contributed by atoms with van der Waals surface area (Å²) in [4.78, 5) is 26.2. The lowest BCUT2D eigenvalue weighted by molar-refractivity contribution is -0.138. The van der Waals surface area contributed by atoms with E-state index in [4.69, 9.17) is 16.7 Å². The normalized spacial score (nSPS) is 18.8. The molecule has 1 saturated heterocycles. The number of halogens is 1. The van der Waals surface area contributed by atoms with Crippen molar-refractivity contribution in [3.05, 3.63) is 47.5 Å². The molecule has 1 amide bonds. The molecule has 1 aliphatic rings. The second kappa shape index (κ2) is 7.49. The van der Waals surface area contributed by atoms with Crippen molar-refractivity contribution >= 4 is 46.6 Å². The van der Waals surface area contributed by atoms with Gasteiger partial charge in [0.05, 0.1) is 29.7 Å². The predicted octanol–water partition coefficient (Wildman–Crippen LogP) is 1.92. The van der Waals surface area contributed by atoms with E-state index in [0.29, 0.717) is 5.02 Å². The largest absolute Gasteiger partial charge is 0.481 e. The number of hydrogen-bond donors (Lipinski definition) is 2. The molecule has 2 N–H and O–H groups in total. The number of nitrogens with one attached hydrogen (secondary N) is 1. The number of carbonyl (C=O) groups is 2. The fourth-order valence-electron chi connectivity index (χ4n) is 2.11. The lowest BCUT2D eigenvalue weighted by Crippen LogP contribution is -2.26. The molecule has 3 rings (SSSR count). The maximum Gasteiger partial charge on any atom is 0.305 e. The highest BCUT2D eigenvalue weighted by atomic mass is 35.5. The van der Waals surface area contributed by atoms with Crippen LogP contribution in [0, 0.1) is 0 Å². The topological polar surface area (TPSA) is 109 Å². The van der Waals surface area contributed by atoms with Gasteiger partial charge in [-0.05, 0) is 17.7 Å². The Kier molecular flexibility index (Phi) is 5.15. The fraction of sp³-hybridized carbons (Fsp3) is 0.133. The molecule has 1 aliphatic heterocycles. The minimum Gasteiger partial charge on any atom is -0.481 e. The van der Waals surface area contributed by atoms with Crippen molar-refractivity contribution in [1.82, 2.24) is 14.9 Å². The van der Waals surface area contributed by atoms with E-state index in [1.807, 2.05) is 12.1 Å². The van der Waals surface area contributed by atoms with Gasteiger partial charge < -0.3 is 15.0 Å². The van der Waals surface area contributed by atoms with Crippen molar-refractivity contribution in [3.8, 4) is 5.69 Å². The second-order valence-electron chi connectivity index (χ2n) is 5.02. The van der Waals surface area contributed by atoms with Crippen LogP contribution >= 0.6 is 23.4 Å². The van der Waals surface area contributed by atoms with E-state index < -0.39 is 11.2 Å². The SMILES string of the molecule is O=C(O)CC1SC(=NN=Cc2ccc(-n3ccnc3)c(Cl)c2)NC1=O. The lowest BCUT2D eigenvalue weighted by Gasteiger charge is -2.05. The lowest BCUT2D eigenvalue weighted by atomic mass is 10.2. The van der Waals surface area contributed by atoms with Crippen LogP contribution in [0.15, 0.2) is 47.1 Å². The van der Waals surface area contributed by atoms with E-state index >= 15 is 0 Å². The Bertz CT molecular complexity index is 866. The van der Waals surface area contributed by atoms with E-state index in [0.717, 1.165) is 23.0 Å². The summed E-state index contributed by atoms with van der Waals surface area (Å²) in [5.41, 5.74) is 1.52. The number of amides is 1. The molecule has 10 heteroatoms. The molecule has 1 aromatic heterocycles. The third kappa shape index (κ3) is 4.25. The minimum atomic E-state index is -1.04. The molecule has 0 radical (unpaired) electrons. The molecule has 1 fully saturated rings. The van der Waals surface area contributed by atoms with Crippen molar-refractivity contribution in [2.45, 2.75) is 11.7 Å². The molecule has 1 aromatic carbocycles. The van der Waals surface area contributed by atoms with Crippen molar-refractivity contribution < 1.29 is 14.7 Å². The standard InChI is InChI=1S/C15H12ClN5O3S/c16-10-5-9(1-2-11(10)21-4-3-17-8-21)7-18-20-15-19-14(24)12(25-15)6-13(22)23/h1-5,7-8,12H,6H2,(H,22,23)(H,19,20,24). The Balaban J connectivity index is 1.68. The summed E-state index contributed by atoms with van der Waals surface area (Å²) in [6.07, 6.45) is 6.33. The van der Waals surface area contributed by atoms with Gasteiger partial charge in [0, 0.05) is 12.4 Å². The quantitative estimate of drug-likeness (QED) is 0.611. The maximum absolute atomic E-state index is 11.6. The Morgan fingerprint density at radius 3 is 3.04 bits per heavy atom. The molecule has 0 spiro atoms. The van der Waals surface area contributed by atoms with Gasteiger partial charge in [0.25, 0.3) is 0 Å². The number of carboxylic acid groups (broad SMARTS) is 1. The van der Waals surface area contributed by atoms with Crippen LogP contribution in [-0.2, 0) is 9.59 Å². The van der Waals surface area contributed by atoms with E-state index in [-0.39, 0.29) is 17.5 Å². The van der Waals surface area contributed by atoms with Crippen molar-refractivity contribution in [2.24, 2.45) is 10.2 Å². The molecule has 25 heavy (non-hydrogen) atoms. The highest BCUT2D eigenvalue weighted by molar-refractivity contribution is 8.15. The first-order valence-corrected chi connectivity index (χ1v) is 8.37. The Morgan fingerprint density at radius 2 is 2.36 bits per heavy atom. The average Bonchev–Trinajstić information content (AvgIpc) is 3.18. The zero-order valence-corrected chi connectivity index (χ0v) is 14.2. The molecule has 0 saturated carbocycles. The fourth-order valence-corrected chi connectivity index (χ4v) is 3.31. The number of carboxylic acids is 1. The number of aliphatic carboxylic acids is 1. The van der Waals surface area contributed by atoms with Crippen molar-refractivity contribution in [3.63, 3.8) is 0 Å². The van der Waals surface area contributed by atoms with Crippen LogP contribution in [0.3, 0.4) is 0 Å². The average molecular weight is 378 g/mol. The molecular formula is C15H12ClN5O3S. The smallest absolute Gasteiger partial charge is 0.305 e. The number of rotatable bonds is 5. The van der Waals surface area contributed by atoms with Gasteiger partial charge in [0.1, 0.15) is 5.25 Å². The molecule has 0 aliphatic carbocycles. The van der Waals surface area contributed by atoms with Gasteiger partial charge in [-0.3, -0.25) is 9.59 Å². The van der Waals surface area contributed by atoms with E-state index in [2.05, 4.69) is 20.5 Å². The monoisotopic (exact) mass is 377 g/mol. The zero-order valence-electron chi connectivity index (χ0n) is 12.7. The van der Waals surface area contributed by atoms with Crippen LogP contribution in [0.2, 0.25) is 5.02 Å². The molecule has 1 atom stereocenters. The number of imidazole rings is 1. The first-order valence-electron chi connectivity index (χ1n) is 7.11. The second-order valence-corrected chi connectivity index (χ2v) is 6.62. The van der Waals surface area contributed by atoms with E-state index in [1.165, 1.54) is 6.21 Å². The minimum absolute atomic E-state index is 0.259. The third-order valence-corrected chi connectivity index (χ3v) is 4.62. The third-order valence-electron chi connectivity index (χ3n) is 3.25. The molecule has 0 bridgehead atoms. The van der Waals surface area contributed by atoms with E-state index in [9.17, 15) is 9.59 Å². The van der Waals surface area contributed by atoms with Gasteiger partial charge >= 0.3 is 5.97 Å². The number of hydrogen-bond acceptors (Lipinski definition) is 6. The van der Waals surface area contributed by atoms with Crippen LogP contribution < -0.4 is 5.32 Å². The Morgan fingerprint density at radius 1 is 1.52 bits per heavy atom. The summed E-state index contributed by atoms with van der Waals surface area (Å²) in [6, 6.07) is 5.38. The van der Waals surface area contributed by atoms with Gasteiger partial charge in [-0.1, -0.05) is 29.4 Å². The molecule has 1 unspecified atom stereocenters. The molecule has 128 valence electrons. The summed E-state index contributed by atoms with van der Waals surface area (Å²) >= 11 is 7.30. The van der Waals surface area contributed by atoms with Gasteiger partial charge in [-0.2, -0.15) is 5.10 Å². The van der Waals surface area contributed by atoms with Gasteiger partial charge in [0.2, 0.25) is 5.91 Å². The molecule has 2 aromatic rings. The summed E-state index contributed by atoms with van der Waals surface area (Å²) in [7, 11) is 0. The number of nitrogens with zero attached hydrogens (tertiary/aromatic N) is 4. The Labute approximate surface area is 151 Å². The number of carbonyl (C=O) groups excluding carboxylic acids is 1. The van der Waals surface area contributed by atoms with Crippen LogP contribution in [0.5, 0.6) is 0 Å². The van der Waals surface area contributed by atoms with E-state index in [1.54, 1.807) is 29.4 Å². The van der Waals surface area contributed by atoms with Gasteiger partial charge in [-0.15, -0.1) is 5.10 Å².